The first-order chi connectivity index (χ1) is 12.4. The number of halogens is 1. The number of anilines is 1. The van der Waals surface area contributed by atoms with Crippen LogP contribution in [0.2, 0.25) is 0 Å². The fourth-order valence-electron chi connectivity index (χ4n) is 3.37. The van der Waals surface area contributed by atoms with E-state index in [4.69, 9.17) is 11.5 Å². The number of rotatable bonds is 4. The molecule has 1 aliphatic rings. The van der Waals surface area contributed by atoms with Gasteiger partial charge in [0.05, 0.1) is 22.5 Å². The van der Waals surface area contributed by atoms with Crippen molar-refractivity contribution in [2.24, 2.45) is 10.7 Å². The molecule has 5 nitrogen and oxygen atoms in total. The van der Waals surface area contributed by atoms with Crippen LogP contribution in [0.3, 0.4) is 0 Å². The summed E-state index contributed by atoms with van der Waals surface area (Å²) in [6.07, 6.45) is 2.26. The van der Waals surface area contributed by atoms with Crippen molar-refractivity contribution in [2.75, 3.05) is 18.8 Å². The van der Waals surface area contributed by atoms with Gasteiger partial charge in [-0.05, 0) is 49.2 Å². The highest BCUT2D eigenvalue weighted by atomic mass is 19.1. The third-order valence-corrected chi connectivity index (χ3v) is 4.98. The van der Waals surface area contributed by atoms with Crippen molar-refractivity contribution < 1.29 is 9.18 Å². The molecule has 0 bridgehead atoms. The normalized spacial score (nSPS) is 20.8. The van der Waals surface area contributed by atoms with Crippen LogP contribution in [0.1, 0.15) is 41.3 Å². The average Bonchev–Trinajstić information content (AvgIpc) is 2.62. The second-order valence-corrected chi connectivity index (χ2v) is 6.92. The van der Waals surface area contributed by atoms with Crippen molar-refractivity contribution in [1.82, 2.24) is 5.32 Å². The predicted octanol–water partition coefficient (Wildman–Crippen LogP) is 3.06. The molecule has 1 saturated heterocycles. The van der Waals surface area contributed by atoms with Crippen LogP contribution in [-0.2, 0) is 5.41 Å². The number of amides is 1. The number of carbonyl (C=O) groups is 1. The van der Waals surface area contributed by atoms with E-state index >= 15 is 0 Å². The largest absolute Gasteiger partial charge is 0.397 e. The zero-order valence-corrected chi connectivity index (χ0v) is 14.8. The Labute approximate surface area is 152 Å². The fourth-order valence-corrected chi connectivity index (χ4v) is 3.37. The van der Waals surface area contributed by atoms with E-state index in [1.165, 1.54) is 23.8 Å². The van der Waals surface area contributed by atoms with Gasteiger partial charge in [-0.2, -0.15) is 4.39 Å². The Morgan fingerprint density at radius 1 is 1.19 bits per heavy atom. The van der Waals surface area contributed by atoms with Gasteiger partial charge in [0, 0.05) is 12.0 Å². The Morgan fingerprint density at radius 2 is 1.88 bits per heavy atom. The highest BCUT2D eigenvalue weighted by Crippen LogP contribution is 2.32. The SMILES string of the molecule is C[C@@]1(c2ccc(N=C(F)c3cccc(C(N)=O)c3N)cc2)CCCNC1. The number of carbonyl (C=O) groups excluding carboxylic acids is 1. The lowest BCUT2D eigenvalue weighted by atomic mass is 9.76. The van der Waals surface area contributed by atoms with Gasteiger partial charge in [-0.3, -0.25) is 4.79 Å². The van der Waals surface area contributed by atoms with Crippen molar-refractivity contribution in [3.63, 3.8) is 0 Å². The van der Waals surface area contributed by atoms with Gasteiger partial charge in [0.2, 0.25) is 5.97 Å². The average molecular weight is 354 g/mol. The van der Waals surface area contributed by atoms with Crippen LogP contribution < -0.4 is 16.8 Å². The number of piperidine rings is 1. The minimum Gasteiger partial charge on any atom is -0.397 e. The maximum atomic E-state index is 14.6. The van der Waals surface area contributed by atoms with Crippen molar-refractivity contribution in [2.45, 2.75) is 25.2 Å². The number of para-hydroxylation sites is 1. The lowest BCUT2D eigenvalue weighted by Crippen LogP contribution is -2.40. The number of nitrogens with two attached hydrogens (primary N) is 2. The molecule has 1 aliphatic heterocycles. The summed E-state index contributed by atoms with van der Waals surface area (Å²) in [6, 6.07) is 12.0. The van der Waals surface area contributed by atoms with Crippen molar-refractivity contribution in [3.05, 3.63) is 59.2 Å². The number of nitrogens with zero attached hydrogens (tertiary/aromatic N) is 1. The highest BCUT2D eigenvalue weighted by Gasteiger charge is 2.28. The first kappa shape index (κ1) is 18.1. The minimum atomic E-state index is -0.746. The summed E-state index contributed by atoms with van der Waals surface area (Å²) in [7, 11) is 0. The number of aliphatic imine (C=N–C) groups is 1. The molecular weight excluding hydrogens is 331 g/mol. The second kappa shape index (κ2) is 7.25. The molecule has 0 radical (unpaired) electrons. The van der Waals surface area contributed by atoms with Gasteiger partial charge in [0.15, 0.2) is 0 Å². The van der Waals surface area contributed by atoms with Gasteiger partial charge in [0.25, 0.3) is 5.91 Å². The highest BCUT2D eigenvalue weighted by molar-refractivity contribution is 6.06. The molecule has 136 valence electrons. The standard InChI is InChI=1S/C20H23FN4O/c1-20(10-3-11-24-12-20)13-6-8-14(9-7-13)25-18(21)15-4-2-5-16(17(15)22)19(23)26/h2,4-9,24H,3,10-12,22H2,1H3,(H2,23,26)/t20-/m1/s1. The number of benzene rings is 2. The summed E-state index contributed by atoms with van der Waals surface area (Å²) < 4.78 is 14.6. The van der Waals surface area contributed by atoms with Crippen LogP contribution in [0, 0.1) is 0 Å². The van der Waals surface area contributed by atoms with Crippen LogP contribution in [0.5, 0.6) is 0 Å². The van der Waals surface area contributed by atoms with Crippen LogP contribution in [0.25, 0.3) is 0 Å². The van der Waals surface area contributed by atoms with E-state index in [0.717, 1.165) is 25.9 Å². The molecule has 0 aromatic heterocycles. The second-order valence-electron chi connectivity index (χ2n) is 6.92. The molecule has 1 heterocycles. The molecule has 26 heavy (non-hydrogen) atoms. The zero-order chi connectivity index (χ0) is 18.7. The summed E-state index contributed by atoms with van der Waals surface area (Å²) >= 11 is 0. The monoisotopic (exact) mass is 354 g/mol. The van der Waals surface area contributed by atoms with Gasteiger partial charge in [-0.15, -0.1) is 0 Å². The molecule has 1 atom stereocenters. The van der Waals surface area contributed by atoms with Crippen molar-refractivity contribution in [3.8, 4) is 0 Å². The van der Waals surface area contributed by atoms with Gasteiger partial charge < -0.3 is 16.8 Å². The Bertz CT molecular complexity index is 839. The fraction of sp³-hybridized carbons (Fsp3) is 0.300. The number of hydrogen-bond acceptors (Lipinski definition) is 4. The quantitative estimate of drug-likeness (QED) is 0.582. The maximum Gasteiger partial charge on any atom is 0.250 e. The van der Waals surface area contributed by atoms with E-state index in [0.29, 0.717) is 5.69 Å². The molecule has 0 aliphatic carbocycles. The summed E-state index contributed by atoms with van der Waals surface area (Å²) in [5, 5.41) is 3.42. The van der Waals surface area contributed by atoms with E-state index in [1.54, 1.807) is 12.1 Å². The van der Waals surface area contributed by atoms with Gasteiger partial charge in [-0.25, -0.2) is 4.99 Å². The molecule has 5 N–H and O–H groups in total. The molecular formula is C20H23FN4O. The number of nitrogen functional groups attached to an aromatic ring is 1. The van der Waals surface area contributed by atoms with Crippen molar-refractivity contribution >= 4 is 23.2 Å². The first-order valence-corrected chi connectivity index (χ1v) is 8.65. The van der Waals surface area contributed by atoms with E-state index < -0.39 is 11.9 Å². The lowest BCUT2D eigenvalue weighted by molar-refractivity contribution is 0.100. The van der Waals surface area contributed by atoms with E-state index in [-0.39, 0.29) is 22.2 Å². The maximum absolute atomic E-state index is 14.6. The van der Waals surface area contributed by atoms with Gasteiger partial charge in [-0.1, -0.05) is 25.1 Å². The molecule has 2 aromatic rings. The van der Waals surface area contributed by atoms with E-state index in [2.05, 4.69) is 17.2 Å². The van der Waals surface area contributed by atoms with E-state index in [1.807, 2.05) is 12.1 Å². The number of primary amides is 1. The first-order valence-electron chi connectivity index (χ1n) is 8.65. The molecule has 1 amide bonds. The Hall–Kier alpha value is -2.73. The lowest BCUT2D eigenvalue weighted by Gasteiger charge is -2.34. The topological polar surface area (TPSA) is 93.5 Å². The molecule has 0 unspecified atom stereocenters. The van der Waals surface area contributed by atoms with Crippen LogP contribution >= 0.6 is 0 Å². The van der Waals surface area contributed by atoms with Gasteiger partial charge >= 0.3 is 0 Å². The Balaban J connectivity index is 1.86. The summed E-state index contributed by atoms with van der Waals surface area (Å²) in [4.78, 5) is 15.3. The third kappa shape index (κ3) is 3.60. The predicted molar refractivity (Wildman–Crippen MR) is 103 cm³/mol. The minimum absolute atomic E-state index is 0.00124. The summed E-state index contributed by atoms with van der Waals surface area (Å²) in [5.74, 6) is -1.44. The van der Waals surface area contributed by atoms with Gasteiger partial charge in [0.1, 0.15) is 0 Å². The molecule has 1 fully saturated rings. The van der Waals surface area contributed by atoms with Crippen molar-refractivity contribution in [1.29, 1.82) is 0 Å². The molecule has 0 spiro atoms. The number of hydrogen-bond donors (Lipinski definition) is 3. The zero-order valence-electron chi connectivity index (χ0n) is 14.8. The Kier molecular flexibility index (Phi) is 5.04. The van der Waals surface area contributed by atoms with Crippen LogP contribution in [0.4, 0.5) is 15.8 Å². The molecule has 2 aromatic carbocycles. The molecule has 3 rings (SSSR count). The van der Waals surface area contributed by atoms with Crippen LogP contribution in [-0.4, -0.2) is 25.0 Å². The number of nitrogens with one attached hydrogen (secondary N) is 1. The third-order valence-electron chi connectivity index (χ3n) is 4.98. The summed E-state index contributed by atoms with van der Waals surface area (Å²) in [6.45, 7) is 4.21. The molecule has 0 saturated carbocycles. The molecule has 6 heteroatoms. The summed E-state index contributed by atoms with van der Waals surface area (Å²) in [5.41, 5.74) is 13.0. The smallest absolute Gasteiger partial charge is 0.250 e. The van der Waals surface area contributed by atoms with Crippen LogP contribution in [0.15, 0.2) is 47.5 Å². The Morgan fingerprint density at radius 3 is 2.50 bits per heavy atom. The van der Waals surface area contributed by atoms with E-state index in [9.17, 15) is 9.18 Å².